The van der Waals surface area contributed by atoms with Gasteiger partial charge in [-0.2, -0.15) is 5.26 Å². The number of piperidine rings is 1. The molecule has 0 unspecified atom stereocenters. The van der Waals surface area contributed by atoms with Crippen LogP contribution in [-0.2, 0) is 10.3 Å². The van der Waals surface area contributed by atoms with Crippen molar-refractivity contribution in [2.45, 2.75) is 42.9 Å². The highest BCUT2D eigenvalue weighted by molar-refractivity contribution is 8.15. The highest BCUT2D eigenvalue weighted by Gasteiger charge is 2.71. The first kappa shape index (κ1) is 23.5. The van der Waals surface area contributed by atoms with Gasteiger partial charge in [0, 0.05) is 30.8 Å². The number of hydrogen-bond donors (Lipinski definition) is 1. The molecule has 1 amide bonds. The van der Waals surface area contributed by atoms with Crippen molar-refractivity contribution in [3.05, 3.63) is 64.7 Å². The largest absolute Gasteiger partial charge is 0.378 e. The summed E-state index contributed by atoms with van der Waals surface area (Å²) in [7, 11) is 0. The molecule has 0 spiro atoms. The van der Waals surface area contributed by atoms with Crippen LogP contribution in [0.15, 0.2) is 41.5 Å². The summed E-state index contributed by atoms with van der Waals surface area (Å²) in [6.07, 6.45) is 6.22. The molecule has 3 heterocycles. The molecule has 0 radical (unpaired) electrons. The average Bonchev–Trinajstić information content (AvgIpc) is 3.62. The average molecular weight is 494 g/mol. The topological polar surface area (TPSA) is 95.4 Å². The van der Waals surface area contributed by atoms with Crippen molar-refractivity contribution >= 4 is 34.7 Å². The standard InChI is InChI=1S/C26H25F2N5OS/c1-25(22-13-26(22,35-24(30)32-25)23(34)33-9-3-2-4-10-33)18-11-16(5-7-19(18)27)12-20(28)21-8-6-17(14-29)15-31-21/h5-8,11-12,15,22H,2-4,9-10,13H2,1H3,(H2,30,32)/b20-12-/t22-,25+,26-/m0/s1. The fraction of sp³-hybridized carbons (Fsp3) is 0.385. The lowest BCUT2D eigenvalue weighted by Crippen LogP contribution is -2.47. The quantitative estimate of drug-likeness (QED) is 0.671. The number of carbonyl (C=O) groups is 1. The van der Waals surface area contributed by atoms with Crippen molar-refractivity contribution in [2.24, 2.45) is 16.6 Å². The van der Waals surface area contributed by atoms with Gasteiger partial charge in [-0.25, -0.2) is 8.78 Å². The van der Waals surface area contributed by atoms with Gasteiger partial charge in [0.15, 0.2) is 5.17 Å². The molecular weight excluding hydrogens is 468 g/mol. The lowest BCUT2D eigenvalue weighted by molar-refractivity contribution is -0.132. The predicted molar refractivity (Wildman–Crippen MR) is 132 cm³/mol. The van der Waals surface area contributed by atoms with Gasteiger partial charge in [0.1, 0.15) is 22.5 Å². The molecular formula is C26H25F2N5OS. The van der Waals surface area contributed by atoms with E-state index in [1.807, 2.05) is 11.0 Å². The van der Waals surface area contributed by atoms with Gasteiger partial charge < -0.3 is 10.6 Å². The van der Waals surface area contributed by atoms with Crippen LogP contribution < -0.4 is 5.73 Å². The number of halogens is 2. The molecule has 2 aliphatic heterocycles. The molecule has 1 aromatic carbocycles. The summed E-state index contributed by atoms with van der Waals surface area (Å²) in [5, 5.41) is 9.16. The number of pyridine rings is 1. The summed E-state index contributed by atoms with van der Waals surface area (Å²) in [5.41, 5.74) is 6.29. The van der Waals surface area contributed by atoms with Crippen molar-refractivity contribution in [2.75, 3.05) is 13.1 Å². The summed E-state index contributed by atoms with van der Waals surface area (Å²) in [4.78, 5) is 24.0. The summed E-state index contributed by atoms with van der Waals surface area (Å²) in [6, 6.07) is 9.18. The van der Waals surface area contributed by atoms with Crippen molar-refractivity contribution in [1.29, 1.82) is 5.26 Å². The first-order valence-electron chi connectivity index (χ1n) is 11.6. The van der Waals surface area contributed by atoms with Crippen LogP contribution in [-0.4, -0.2) is 38.8 Å². The maximum absolute atomic E-state index is 15.2. The minimum atomic E-state index is -1.04. The van der Waals surface area contributed by atoms with E-state index in [1.54, 1.807) is 13.0 Å². The van der Waals surface area contributed by atoms with Crippen molar-refractivity contribution in [3.8, 4) is 6.07 Å². The molecule has 9 heteroatoms. The van der Waals surface area contributed by atoms with Crippen molar-refractivity contribution in [3.63, 3.8) is 0 Å². The number of nitriles is 1. The number of aliphatic imine (C=N–C) groups is 1. The summed E-state index contributed by atoms with van der Waals surface area (Å²) in [5.74, 6) is -1.23. The number of aromatic nitrogens is 1. The van der Waals surface area contributed by atoms with Crippen LogP contribution >= 0.6 is 11.8 Å². The third-order valence-corrected chi connectivity index (χ3v) is 8.48. The molecule has 2 fully saturated rings. The van der Waals surface area contributed by atoms with Gasteiger partial charge in [0.05, 0.1) is 16.8 Å². The number of hydrogen-bond acceptors (Lipinski definition) is 6. The van der Waals surface area contributed by atoms with Gasteiger partial charge >= 0.3 is 0 Å². The predicted octanol–water partition coefficient (Wildman–Crippen LogP) is 4.61. The molecule has 6 nitrogen and oxygen atoms in total. The lowest BCUT2D eigenvalue weighted by Gasteiger charge is -2.37. The molecule has 180 valence electrons. The maximum Gasteiger partial charge on any atom is 0.239 e. The lowest BCUT2D eigenvalue weighted by atomic mass is 9.84. The molecule has 2 N–H and O–H groups in total. The van der Waals surface area contributed by atoms with Gasteiger partial charge in [-0.05, 0) is 68.5 Å². The van der Waals surface area contributed by atoms with Crippen molar-refractivity contribution < 1.29 is 13.6 Å². The number of nitrogens with two attached hydrogens (primary N) is 1. The second-order valence-electron chi connectivity index (χ2n) is 9.47. The Labute approximate surface area is 206 Å². The summed E-state index contributed by atoms with van der Waals surface area (Å²) >= 11 is 1.29. The van der Waals surface area contributed by atoms with Crippen molar-refractivity contribution in [1.82, 2.24) is 9.88 Å². The molecule has 1 saturated carbocycles. The maximum atomic E-state index is 15.2. The number of carbonyl (C=O) groups excluding carboxylic acids is 1. The van der Waals surface area contributed by atoms with Gasteiger partial charge in [0.25, 0.3) is 0 Å². The van der Waals surface area contributed by atoms with E-state index in [4.69, 9.17) is 11.0 Å². The Kier molecular flexibility index (Phi) is 5.88. The van der Waals surface area contributed by atoms with Crippen LogP contribution in [0.4, 0.5) is 8.78 Å². The normalized spacial score (nSPS) is 28.1. The zero-order chi connectivity index (χ0) is 24.8. The van der Waals surface area contributed by atoms with E-state index >= 15 is 4.39 Å². The molecule has 5 rings (SSSR count). The van der Waals surface area contributed by atoms with Gasteiger partial charge in [-0.3, -0.25) is 14.8 Å². The third-order valence-electron chi connectivity index (χ3n) is 7.19. The number of nitrogens with zero attached hydrogens (tertiary/aromatic N) is 4. The van der Waals surface area contributed by atoms with Gasteiger partial charge in [0.2, 0.25) is 5.91 Å². The SMILES string of the molecule is C[C@]1(c2cc(/C=C(\F)c3ccc(C#N)cn3)ccc2F)N=C(N)S[C@@]2(C(=O)N3CCCCC3)C[C@H]21. The summed E-state index contributed by atoms with van der Waals surface area (Å²) < 4.78 is 29.3. The molecule has 1 saturated heterocycles. The molecule has 2 aromatic rings. The van der Waals surface area contributed by atoms with Crippen LogP contribution in [0, 0.1) is 23.1 Å². The molecule has 3 aliphatic rings. The zero-order valence-electron chi connectivity index (χ0n) is 19.3. The van der Waals surface area contributed by atoms with Gasteiger partial charge in [-0.1, -0.05) is 17.8 Å². The van der Waals surface area contributed by atoms with E-state index in [0.717, 1.165) is 32.4 Å². The van der Waals surface area contributed by atoms with E-state index in [-0.39, 0.29) is 28.3 Å². The zero-order valence-corrected chi connectivity index (χ0v) is 20.1. The van der Waals surface area contributed by atoms with E-state index in [2.05, 4.69) is 9.98 Å². The number of fused-ring (bicyclic) bond motifs is 1. The number of rotatable bonds is 4. The van der Waals surface area contributed by atoms with E-state index in [9.17, 15) is 9.18 Å². The molecule has 1 aromatic heterocycles. The van der Waals surface area contributed by atoms with Crippen LogP contribution in [0.3, 0.4) is 0 Å². The van der Waals surface area contributed by atoms with E-state index in [0.29, 0.717) is 17.5 Å². The third kappa shape index (κ3) is 4.10. The molecule has 0 bridgehead atoms. The fourth-order valence-electron chi connectivity index (χ4n) is 5.26. The minimum absolute atomic E-state index is 0.0608. The summed E-state index contributed by atoms with van der Waals surface area (Å²) in [6.45, 7) is 3.28. The highest BCUT2D eigenvalue weighted by atomic mass is 32.2. The molecule has 35 heavy (non-hydrogen) atoms. The Morgan fingerprint density at radius 2 is 2.06 bits per heavy atom. The first-order chi connectivity index (χ1) is 16.8. The Balaban J connectivity index is 1.47. The van der Waals surface area contributed by atoms with Crippen LogP contribution in [0.25, 0.3) is 11.9 Å². The number of amidine groups is 1. The fourth-order valence-corrected chi connectivity index (χ4v) is 6.71. The number of amides is 1. The Bertz CT molecular complexity index is 1280. The Morgan fingerprint density at radius 1 is 1.29 bits per heavy atom. The Hall–Kier alpha value is -3.25. The second-order valence-corrected chi connectivity index (χ2v) is 10.8. The second kappa shape index (κ2) is 8.76. The first-order valence-corrected chi connectivity index (χ1v) is 12.5. The smallest absolute Gasteiger partial charge is 0.239 e. The number of likely N-dealkylation sites (tertiary alicyclic amines) is 1. The molecule has 1 aliphatic carbocycles. The van der Waals surface area contributed by atoms with Crippen LogP contribution in [0.1, 0.15) is 55.0 Å². The van der Waals surface area contributed by atoms with E-state index < -0.39 is 21.9 Å². The number of benzene rings is 1. The van der Waals surface area contributed by atoms with Crippen LogP contribution in [0.2, 0.25) is 0 Å². The Morgan fingerprint density at radius 3 is 2.74 bits per heavy atom. The molecule has 3 atom stereocenters. The minimum Gasteiger partial charge on any atom is -0.378 e. The monoisotopic (exact) mass is 493 g/mol. The highest BCUT2D eigenvalue weighted by Crippen LogP contribution is 2.66. The van der Waals surface area contributed by atoms with Gasteiger partial charge in [-0.15, -0.1) is 0 Å². The van der Waals surface area contributed by atoms with E-state index in [1.165, 1.54) is 48.3 Å². The number of thioether (sulfide) groups is 1. The van der Waals surface area contributed by atoms with Crippen LogP contribution in [0.5, 0.6) is 0 Å².